The lowest BCUT2D eigenvalue weighted by molar-refractivity contribution is 0.0980. The second-order valence-corrected chi connectivity index (χ2v) is 4.86. The summed E-state index contributed by atoms with van der Waals surface area (Å²) in [5.74, 6) is -0.126. The Labute approximate surface area is 119 Å². The average molecular weight is 272 g/mol. The number of benzene rings is 1. The van der Waals surface area contributed by atoms with Gasteiger partial charge in [-0.05, 0) is 38.5 Å². The number of aromatic nitrogens is 2. The van der Waals surface area contributed by atoms with Crippen LogP contribution in [0.2, 0.25) is 0 Å². The predicted octanol–water partition coefficient (Wildman–Crippen LogP) is 2.29. The van der Waals surface area contributed by atoms with Crippen LogP contribution in [0.3, 0.4) is 0 Å². The molecule has 2 N–H and O–H groups in total. The van der Waals surface area contributed by atoms with Gasteiger partial charge in [-0.15, -0.1) is 0 Å². The van der Waals surface area contributed by atoms with Gasteiger partial charge >= 0.3 is 0 Å². The van der Waals surface area contributed by atoms with E-state index in [0.29, 0.717) is 23.6 Å². The van der Waals surface area contributed by atoms with Crippen LogP contribution in [0.15, 0.2) is 24.3 Å². The van der Waals surface area contributed by atoms with E-state index in [1.807, 2.05) is 38.1 Å². The maximum absolute atomic E-state index is 12.7. The highest BCUT2D eigenvalue weighted by atomic mass is 16.2. The molecule has 0 saturated carbocycles. The third kappa shape index (κ3) is 2.39. The molecule has 0 saturated heterocycles. The number of nitrogen functional groups attached to an aromatic ring is 1. The van der Waals surface area contributed by atoms with E-state index in [2.05, 4.69) is 5.10 Å². The number of anilines is 2. The van der Waals surface area contributed by atoms with Crippen molar-refractivity contribution in [1.29, 1.82) is 0 Å². The van der Waals surface area contributed by atoms with Gasteiger partial charge in [-0.3, -0.25) is 9.48 Å². The highest BCUT2D eigenvalue weighted by molar-refractivity contribution is 6.08. The van der Waals surface area contributed by atoms with Crippen molar-refractivity contribution in [3.63, 3.8) is 0 Å². The Bertz CT molecular complexity index is 645. The van der Waals surface area contributed by atoms with Crippen LogP contribution in [0.4, 0.5) is 11.4 Å². The second kappa shape index (κ2) is 5.36. The summed E-state index contributed by atoms with van der Waals surface area (Å²) in [7, 11) is 1.74. The van der Waals surface area contributed by atoms with Crippen molar-refractivity contribution >= 4 is 17.3 Å². The molecule has 20 heavy (non-hydrogen) atoms. The van der Waals surface area contributed by atoms with E-state index < -0.39 is 0 Å². The van der Waals surface area contributed by atoms with Gasteiger partial charge in [-0.25, -0.2) is 0 Å². The van der Waals surface area contributed by atoms with Crippen molar-refractivity contribution in [2.75, 3.05) is 17.2 Å². The van der Waals surface area contributed by atoms with Gasteiger partial charge in [0.25, 0.3) is 5.91 Å². The lowest BCUT2D eigenvalue weighted by Gasteiger charge is -2.21. The van der Waals surface area contributed by atoms with Crippen molar-refractivity contribution < 1.29 is 4.79 Å². The molecule has 0 radical (unpaired) electrons. The number of aryl methyl sites for hydroxylation is 3. The van der Waals surface area contributed by atoms with Crippen LogP contribution >= 0.6 is 0 Å². The van der Waals surface area contributed by atoms with Gasteiger partial charge in [0, 0.05) is 19.3 Å². The molecule has 0 aliphatic rings. The molecule has 5 nitrogen and oxygen atoms in total. The fourth-order valence-corrected chi connectivity index (χ4v) is 2.30. The highest BCUT2D eigenvalue weighted by Crippen LogP contribution is 2.22. The summed E-state index contributed by atoms with van der Waals surface area (Å²) in [4.78, 5) is 14.4. The largest absolute Gasteiger partial charge is 0.395 e. The van der Waals surface area contributed by atoms with E-state index in [9.17, 15) is 4.79 Å². The molecule has 1 amide bonds. The Balaban J connectivity index is 2.44. The number of nitrogens with two attached hydrogens (primary N) is 1. The van der Waals surface area contributed by atoms with Crippen LogP contribution < -0.4 is 10.6 Å². The van der Waals surface area contributed by atoms with Gasteiger partial charge < -0.3 is 10.6 Å². The van der Waals surface area contributed by atoms with Crippen molar-refractivity contribution in [2.24, 2.45) is 7.05 Å². The van der Waals surface area contributed by atoms with Crippen LogP contribution in [-0.4, -0.2) is 22.2 Å². The normalized spacial score (nSPS) is 10.6. The fourth-order valence-electron chi connectivity index (χ4n) is 2.30. The molecule has 0 bridgehead atoms. The Kier molecular flexibility index (Phi) is 3.79. The molecule has 1 heterocycles. The van der Waals surface area contributed by atoms with Crippen LogP contribution in [0, 0.1) is 13.8 Å². The Morgan fingerprint density at radius 3 is 2.60 bits per heavy atom. The summed E-state index contributed by atoms with van der Waals surface area (Å²) < 4.78 is 1.55. The molecule has 106 valence electrons. The summed E-state index contributed by atoms with van der Waals surface area (Å²) in [6, 6.07) is 7.86. The molecule has 5 heteroatoms. The molecule has 0 unspecified atom stereocenters. The summed E-state index contributed by atoms with van der Waals surface area (Å²) >= 11 is 0. The smallest absolute Gasteiger partial charge is 0.278 e. The van der Waals surface area contributed by atoms with E-state index in [4.69, 9.17) is 5.73 Å². The number of rotatable bonds is 3. The summed E-state index contributed by atoms with van der Waals surface area (Å²) in [5, 5.41) is 4.20. The summed E-state index contributed by atoms with van der Waals surface area (Å²) in [6.45, 7) is 6.32. The zero-order valence-electron chi connectivity index (χ0n) is 12.3. The van der Waals surface area contributed by atoms with Crippen molar-refractivity contribution in [3.05, 3.63) is 41.2 Å². The van der Waals surface area contributed by atoms with Crippen molar-refractivity contribution in [3.8, 4) is 0 Å². The number of nitrogens with zero attached hydrogens (tertiary/aromatic N) is 3. The van der Waals surface area contributed by atoms with Crippen LogP contribution in [0.5, 0.6) is 0 Å². The molecule has 1 aromatic carbocycles. The molecular formula is C15H20N4O. The molecule has 0 atom stereocenters. The fraction of sp³-hybridized carbons (Fsp3) is 0.333. The molecular weight excluding hydrogens is 252 g/mol. The third-order valence-corrected chi connectivity index (χ3v) is 3.35. The maximum atomic E-state index is 12.7. The number of amides is 1. The van der Waals surface area contributed by atoms with Gasteiger partial charge in [0.1, 0.15) is 5.69 Å². The number of hydrogen-bond acceptors (Lipinski definition) is 3. The van der Waals surface area contributed by atoms with Gasteiger partial charge in [0.15, 0.2) is 0 Å². The van der Waals surface area contributed by atoms with Crippen LogP contribution in [0.1, 0.15) is 28.7 Å². The van der Waals surface area contributed by atoms with E-state index in [0.717, 1.165) is 11.3 Å². The molecule has 0 fully saturated rings. The number of carbonyl (C=O) groups is 1. The summed E-state index contributed by atoms with van der Waals surface area (Å²) in [5.41, 5.74) is 9.52. The first kappa shape index (κ1) is 14.1. The second-order valence-electron chi connectivity index (χ2n) is 4.86. The highest BCUT2D eigenvalue weighted by Gasteiger charge is 2.23. The molecule has 0 aliphatic carbocycles. The SMILES string of the molecule is CCN(C(=O)c1c(N)c(C)nn1C)c1cccc(C)c1. The molecule has 2 aromatic rings. The van der Waals surface area contributed by atoms with Crippen LogP contribution in [0.25, 0.3) is 0 Å². The van der Waals surface area contributed by atoms with Gasteiger partial charge in [0.2, 0.25) is 0 Å². The first-order chi connectivity index (χ1) is 9.45. The maximum Gasteiger partial charge on any atom is 0.278 e. The van der Waals surface area contributed by atoms with Gasteiger partial charge in [0.05, 0.1) is 11.4 Å². The Morgan fingerprint density at radius 1 is 1.40 bits per heavy atom. The monoisotopic (exact) mass is 272 g/mol. The minimum atomic E-state index is -0.126. The Morgan fingerprint density at radius 2 is 2.10 bits per heavy atom. The first-order valence-corrected chi connectivity index (χ1v) is 6.63. The van der Waals surface area contributed by atoms with Gasteiger partial charge in [-0.1, -0.05) is 12.1 Å². The van der Waals surface area contributed by atoms with Crippen LogP contribution in [-0.2, 0) is 7.05 Å². The standard InChI is InChI=1S/C15H20N4O/c1-5-19(12-8-6-7-10(2)9-12)15(20)14-13(16)11(3)17-18(14)4/h6-9H,5,16H2,1-4H3. The minimum Gasteiger partial charge on any atom is -0.395 e. The van der Waals surface area contributed by atoms with Crippen molar-refractivity contribution in [2.45, 2.75) is 20.8 Å². The van der Waals surface area contributed by atoms with E-state index >= 15 is 0 Å². The summed E-state index contributed by atoms with van der Waals surface area (Å²) in [6.07, 6.45) is 0. The molecule has 0 aliphatic heterocycles. The van der Waals surface area contributed by atoms with Gasteiger partial charge in [-0.2, -0.15) is 5.10 Å². The lowest BCUT2D eigenvalue weighted by atomic mass is 10.2. The van der Waals surface area contributed by atoms with E-state index in [-0.39, 0.29) is 5.91 Å². The minimum absolute atomic E-state index is 0.126. The zero-order valence-corrected chi connectivity index (χ0v) is 12.3. The van der Waals surface area contributed by atoms with Crippen molar-refractivity contribution in [1.82, 2.24) is 9.78 Å². The molecule has 2 rings (SSSR count). The lowest BCUT2D eigenvalue weighted by Crippen LogP contribution is -2.32. The topological polar surface area (TPSA) is 64.2 Å². The molecule has 0 spiro atoms. The number of carbonyl (C=O) groups excluding carboxylic acids is 1. The third-order valence-electron chi connectivity index (χ3n) is 3.35. The van der Waals surface area contributed by atoms with E-state index in [1.54, 1.807) is 23.6 Å². The Hall–Kier alpha value is -2.30. The zero-order chi connectivity index (χ0) is 14.9. The first-order valence-electron chi connectivity index (χ1n) is 6.63. The number of hydrogen-bond donors (Lipinski definition) is 1. The van der Waals surface area contributed by atoms with E-state index in [1.165, 1.54) is 0 Å². The average Bonchev–Trinajstić information content (AvgIpc) is 2.64. The predicted molar refractivity (Wildman–Crippen MR) is 80.9 cm³/mol. The molecule has 1 aromatic heterocycles. The quantitative estimate of drug-likeness (QED) is 0.932.